The number of anilines is 1. The van der Waals surface area contributed by atoms with Crippen LogP contribution < -0.4 is 5.32 Å². The van der Waals surface area contributed by atoms with E-state index in [0.29, 0.717) is 9.66 Å². The van der Waals surface area contributed by atoms with Gasteiger partial charge in [-0.1, -0.05) is 35.2 Å². The lowest BCUT2D eigenvalue weighted by atomic mass is 10.0. The Hall–Kier alpha value is -2.99. The van der Waals surface area contributed by atoms with Crippen molar-refractivity contribution in [3.63, 3.8) is 0 Å². The highest BCUT2D eigenvalue weighted by Crippen LogP contribution is 2.43. The maximum Gasteiger partial charge on any atom is 0.416 e. The number of halogens is 5. The first kappa shape index (κ1) is 23.2. The van der Waals surface area contributed by atoms with Gasteiger partial charge in [0.05, 0.1) is 10.3 Å². The van der Waals surface area contributed by atoms with Crippen molar-refractivity contribution in [2.45, 2.75) is 23.4 Å². The van der Waals surface area contributed by atoms with E-state index in [0.717, 1.165) is 35.2 Å². The van der Waals surface area contributed by atoms with Gasteiger partial charge in [0, 0.05) is 32.0 Å². The number of benzene rings is 2. The molecule has 3 aromatic rings. The van der Waals surface area contributed by atoms with Crippen LogP contribution in [0.2, 0.25) is 0 Å². The summed E-state index contributed by atoms with van der Waals surface area (Å²) in [6.07, 6.45) is -4.52. The van der Waals surface area contributed by atoms with E-state index in [2.05, 4.69) is 5.32 Å². The minimum absolute atomic E-state index is 0.0478. The van der Waals surface area contributed by atoms with Gasteiger partial charge in [-0.25, -0.2) is 13.6 Å². The molecule has 0 aliphatic carbocycles. The van der Waals surface area contributed by atoms with E-state index in [1.807, 2.05) is 0 Å². The molecule has 1 aliphatic heterocycles. The number of hydrogen-bond acceptors (Lipinski definition) is 5. The molecule has 4 rings (SSSR count). The molecular weight excluding hydrogens is 487 g/mol. The van der Waals surface area contributed by atoms with Crippen LogP contribution >= 0.6 is 23.1 Å². The molecule has 1 atom stereocenters. The Morgan fingerprint density at radius 2 is 1.88 bits per heavy atom. The summed E-state index contributed by atoms with van der Waals surface area (Å²) in [5.41, 5.74) is -1.46. The standard InChI is InChI=1S/C21H13F5N2O3S2/c1-9-2-4-11(18(23)17(9)22)12-8-32-19(16(12)20(29)30)28(31)7-15-27-13-6-10(21(24,25)26)3-5-14(13)33-15/h2-6,8,15,27H,7H2,1H3/p+1. The average molecular weight is 501 g/mol. The first-order valence-electron chi connectivity index (χ1n) is 9.36. The second-order valence-electron chi connectivity index (χ2n) is 7.21. The van der Waals surface area contributed by atoms with Crippen LogP contribution in [0.3, 0.4) is 0 Å². The number of rotatable bonds is 5. The van der Waals surface area contributed by atoms with Gasteiger partial charge in [0.15, 0.2) is 17.2 Å². The van der Waals surface area contributed by atoms with Crippen molar-refractivity contribution in [3.05, 3.63) is 68.9 Å². The van der Waals surface area contributed by atoms with Crippen LogP contribution in [0.5, 0.6) is 0 Å². The number of nitroso groups, excluding NO2 is 1. The number of fused-ring (bicyclic) bond motifs is 1. The number of carboxylic acid groups (broad SMARTS) is 1. The first-order chi connectivity index (χ1) is 15.5. The third-order valence-electron chi connectivity index (χ3n) is 5.00. The summed E-state index contributed by atoms with van der Waals surface area (Å²) in [5.74, 6) is -3.83. The predicted octanol–water partition coefficient (Wildman–Crippen LogP) is 6.67. The third kappa shape index (κ3) is 4.32. The summed E-state index contributed by atoms with van der Waals surface area (Å²) in [6.45, 7) is 1.06. The highest BCUT2D eigenvalue weighted by Gasteiger charge is 2.37. The van der Waals surface area contributed by atoms with Crippen molar-refractivity contribution < 1.29 is 36.6 Å². The van der Waals surface area contributed by atoms with Crippen molar-refractivity contribution in [1.29, 1.82) is 0 Å². The van der Waals surface area contributed by atoms with Gasteiger partial charge in [-0.3, -0.25) is 0 Å². The smallest absolute Gasteiger partial charge is 0.416 e. The van der Waals surface area contributed by atoms with Crippen LogP contribution in [0, 0.1) is 23.5 Å². The summed E-state index contributed by atoms with van der Waals surface area (Å²) in [5, 5.41) is 12.9. The number of aromatic carboxylic acids is 1. The topological polar surface area (TPSA) is 69.4 Å². The SMILES string of the molecule is Cc1ccc(-c2csc([N+](=O)CC3Nc4cc(C(F)(F)F)ccc4S3)c2C(=O)O)c(F)c1F. The fraction of sp³-hybridized carbons (Fsp3) is 0.190. The van der Waals surface area contributed by atoms with Gasteiger partial charge in [0.25, 0.3) is 0 Å². The predicted molar refractivity (Wildman–Crippen MR) is 114 cm³/mol. The van der Waals surface area contributed by atoms with E-state index in [1.165, 1.54) is 30.5 Å². The lowest BCUT2D eigenvalue weighted by Crippen LogP contribution is -2.22. The van der Waals surface area contributed by atoms with Gasteiger partial charge in [0.2, 0.25) is 6.54 Å². The molecule has 1 unspecified atom stereocenters. The lowest BCUT2D eigenvalue weighted by Gasteiger charge is -2.08. The van der Waals surface area contributed by atoms with E-state index in [1.54, 1.807) is 0 Å². The van der Waals surface area contributed by atoms with Crippen molar-refractivity contribution in [2.24, 2.45) is 0 Å². The zero-order chi connectivity index (χ0) is 24.1. The minimum Gasteiger partial charge on any atom is -0.477 e. The molecule has 2 heterocycles. The molecule has 0 bridgehead atoms. The minimum atomic E-state index is -4.52. The van der Waals surface area contributed by atoms with Gasteiger partial charge in [-0.15, -0.1) is 0 Å². The van der Waals surface area contributed by atoms with Crippen molar-refractivity contribution in [2.75, 3.05) is 11.9 Å². The molecule has 2 N–H and O–H groups in total. The number of hydrogen-bond donors (Lipinski definition) is 2. The Balaban J connectivity index is 1.60. The summed E-state index contributed by atoms with van der Waals surface area (Å²) in [6, 6.07) is 5.72. The molecule has 2 aromatic carbocycles. The summed E-state index contributed by atoms with van der Waals surface area (Å²) < 4.78 is 67.6. The van der Waals surface area contributed by atoms with Gasteiger partial charge in [-0.2, -0.15) is 13.2 Å². The number of nitrogens with zero attached hydrogens (tertiary/aromatic N) is 1. The number of nitrogens with one attached hydrogen (secondary N) is 1. The van der Waals surface area contributed by atoms with Crippen LogP contribution in [-0.2, 0) is 6.18 Å². The molecule has 0 radical (unpaired) electrons. The molecule has 33 heavy (non-hydrogen) atoms. The van der Waals surface area contributed by atoms with Gasteiger partial charge in [-0.05, 0) is 30.7 Å². The van der Waals surface area contributed by atoms with E-state index in [4.69, 9.17) is 0 Å². The van der Waals surface area contributed by atoms with Crippen LogP contribution in [0.15, 0.2) is 40.6 Å². The molecule has 1 aromatic heterocycles. The lowest BCUT2D eigenvalue weighted by molar-refractivity contribution is -0.457. The second-order valence-corrected chi connectivity index (χ2v) is 9.32. The maximum atomic E-state index is 14.4. The van der Waals surface area contributed by atoms with E-state index >= 15 is 0 Å². The third-order valence-corrected chi connectivity index (χ3v) is 7.15. The number of alkyl halides is 3. The molecule has 0 spiro atoms. The number of carbonyl (C=O) groups is 1. The molecular formula is C21H14F5N2O3S2+. The van der Waals surface area contributed by atoms with Crippen LogP contribution in [0.1, 0.15) is 21.5 Å². The Morgan fingerprint density at radius 1 is 1.15 bits per heavy atom. The largest absolute Gasteiger partial charge is 0.477 e. The first-order valence-corrected chi connectivity index (χ1v) is 11.1. The van der Waals surface area contributed by atoms with Gasteiger partial charge < -0.3 is 10.4 Å². The monoisotopic (exact) mass is 501 g/mol. The van der Waals surface area contributed by atoms with Crippen LogP contribution in [-0.4, -0.2) is 27.8 Å². The van der Waals surface area contributed by atoms with E-state index < -0.39 is 40.3 Å². The van der Waals surface area contributed by atoms with Crippen LogP contribution in [0.4, 0.5) is 32.6 Å². The average Bonchev–Trinajstić information content (AvgIpc) is 3.34. The zero-order valence-electron chi connectivity index (χ0n) is 16.7. The number of thiophene rings is 1. The number of carboxylic acids is 1. The van der Waals surface area contributed by atoms with Gasteiger partial charge >= 0.3 is 17.1 Å². The fourth-order valence-electron chi connectivity index (χ4n) is 3.38. The van der Waals surface area contributed by atoms with Crippen molar-refractivity contribution >= 4 is 39.8 Å². The zero-order valence-corrected chi connectivity index (χ0v) is 18.3. The molecule has 0 saturated heterocycles. The Bertz CT molecular complexity index is 1290. The molecule has 0 amide bonds. The number of aryl methyl sites for hydroxylation is 1. The Labute approximate surface area is 191 Å². The van der Waals surface area contributed by atoms with E-state index in [9.17, 15) is 36.8 Å². The quantitative estimate of drug-likeness (QED) is 0.302. The molecule has 1 aliphatic rings. The molecule has 0 saturated carbocycles. The summed E-state index contributed by atoms with van der Waals surface area (Å²) in [4.78, 5) is 25.2. The summed E-state index contributed by atoms with van der Waals surface area (Å²) >= 11 is 1.89. The van der Waals surface area contributed by atoms with Crippen molar-refractivity contribution in [1.82, 2.24) is 0 Å². The van der Waals surface area contributed by atoms with Crippen LogP contribution in [0.25, 0.3) is 11.1 Å². The molecule has 0 fully saturated rings. The highest BCUT2D eigenvalue weighted by molar-refractivity contribution is 8.00. The Kier molecular flexibility index (Phi) is 5.91. The van der Waals surface area contributed by atoms with Crippen molar-refractivity contribution in [3.8, 4) is 11.1 Å². The molecule has 5 nitrogen and oxygen atoms in total. The maximum absolute atomic E-state index is 14.4. The molecule has 172 valence electrons. The van der Waals surface area contributed by atoms with Gasteiger partial charge in [0.1, 0.15) is 5.37 Å². The highest BCUT2D eigenvalue weighted by atomic mass is 32.2. The van der Waals surface area contributed by atoms with E-state index in [-0.39, 0.29) is 33.9 Å². The normalized spacial score (nSPS) is 15.3. The second kappa shape index (κ2) is 8.41. The fourth-order valence-corrected chi connectivity index (χ4v) is 5.46. The summed E-state index contributed by atoms with van der Waals surface area (Å²) in [7, 11) is 0. The number of thioether (sulfide) groups is 1. The Morgan fingerprint density at radius 3 is 2.55 bits per heavy atom. The molecule has 12 heteroatoms.